The summed E-state index contributed by atoms with van der Waals surface area (Å²) in [6.45, 7) is 9.00. The summed E-state index contributed by atoms with van der Waals surface area (Å²) in [5.74, 6) is 1.03. The Labute approximate surface area is 233 Å². The quantitative estimate of drug-likeness (QED) is 0.359. The van der Waals surface area contributed by atoms with E-state index >= 15 is 0 Å². The first-order valence-corrected chi connectivity index (χ1v) is 13.8. The molecule has 0 aliphatic carbocycles. The van der Waals surface area contributed by atoms with Crippen molar-refractivity contribution in [3.63, 3.8) is 0 Å². The van der Waals surface area contributed by atoms with Gasteiger partial charge in [-0.25, -0.2) is 24.4 Å². The van der Waals surface area contributed by atoms with E-state index in [0.717, 1.165) is 10.2 Å². The van der Waals surface area contributed by atoms with Crippen molar-refractivity contribution in [1.29, 1.82) is 0 Å². The number of carbonyl (C=O) groups excluding carboxylic acids is 1. The van der Waals surface area contributed by atoms with E-state index in [-0.39, 0.29) is 11.7 Å². The molecule has 1 fully saturated rings. The molecule has 4 aromatic rings. The molecule has 38 heavy (non-hydrogen) atoms. The van der Waals surface area contributed by atoms with E-state index in [1.807, 2.05) is 38.1 Å². The SMILES string of the molecule is C[C@H](Nc1ncnc2scc(Cl)c12)c1nc2cccc(Cl)c2c(=O)n1N1CCN(C(=O)OC(C)(C)C)CC1. The van der Waals surface area contributed by atoms with Crippen LogP contribution in [0.1, 0.15) is 39.6 Å². The number of nitrogens with zero attached hydrogens (tertiary/aromatic N) is 6. The predicted octanol–water partition coefficient (Wildman–Crippen LogP) is 5.07. The summed E-state index contributed by atoms with van der Waals surface area (Å²) in [4.78, 5) is 42.4. The lowest BCUT2D eigenvalue weighted by Gasteiger charge is -2.38. The van der Waals surface area contributed by atoms with E-state index in [0.29, 0.717) is 58.8 Å². The zero-order chi connectivity index (χ0) is 27.2. The molecule has 1 saturated heterocycles. The number of benzene rings is 1. The van der Waals surface area contributed by atoms with Gasteiger partial charge in [-0.15, -0.1) is 11.3 Å². The van der Waals surface area contributed by atoms with Crippen LogP contribution in [-0.4, -0.2) is 62.4 Å². The number of hydrogen-bond donors (Lipinski definition) is 1. The summed E-state index contributed by atoms with van der Waals surface area (Å²) in [5, 5.41) is 9.01. The lowest BCUT2D eigenvalue weighted by Crippen LogP contribution is -2.57. The topological polar surface area (TPSA) is 105 Å². The van der Waals surface area contributed by atoms with Crippen LogP contribution in [0, 0.1) is 0 Å². The summed E-state index contributed by atoms with van der Waals surface area (Å²) in [6, 6.07) is 4.77. The van der Waals surface area contributed by atoms with Crippen molar-refractivity contribution < 1.29 is 9.53 Å². The number of nitrogens with one attached hydrogen (secondary N) is 1. The Morgan fingerprint density at radius 3 is 2.55 bits per heavy atom. The molecule has 0 spiro atoms. The van der Waals surface area contributed by atoms with E-state index < -0.39 is 11.6 Å². The second-order valence-electron chi connectivity index (χ2n) is 9.99. The van der Waals surface area contributed by atoms with Gasteiger partial charge in [0.1, 0.15) is 22.6 Å². The van der Waals surface area contributed by atoms with Gasteiger partial charge in [-0.2, -0.15) is 0 Å². The van der Waals surface area contributed by atoms with Gasteiger partial charge in [0.25, 0.3) is 5.56 Å². The molecule has 1 amide bonds. The van der Waals surface area contributed by atoms with Crippen molar-refractivity contribution in [2.24, 2.45) is 0 Å². The van der Waals surface area contributed by atoms with Crippen molar-refractivity contribution >= 4 is 67.6 Å². The Hall–Kier alpha value is -3.15. The van der Waals surface area contributed by atoms with Gasteiger partial charge in [-0.05, 0) is 39.8 Å². The van der Waals surface area contributed by atoms with Crippen molar-refractivity contribution in [2.45, 2.75) is 39.3 Å². The van der Waals surface area contributed by atoms with E-state index in [1.165, 1.54) is 17.7 Å². The van der Waals surface area contributed by atoms with Crippen LogP contribution in [-0.2, 0) is 4.74 Å². The van der Waals surface area contributed by atoms with Crippen molar-refractivity contribution in [1.82, 2.24) is 24.5 Å². The average molecular weight is 577 g/mol. The summed E-state index contributed by atoms with van der Waals surface area (Å²) in [5.41, 5.74) is -0.372. The number of hydrogen-bond acceptors (Lipinski definition) is 9. The van der Waals surface area contributed by atoms with Crippen LogP contribution in [0.25, 0.3) is 21.1 Å². The minimum Gasteiger partial charge on any atom is -0.444 e. The van der Waals surface area contributed by atoms with Crippen LogP contribution in [0.4, 0.5) is 10.6 Å². The van der Waals surface area contributed by atoms with Gasteiger partial charge in [0.15, 0.2) is 5.82 Å². The van der Waals surface area contributed by atoms with Gasteiger partial charge in [-0.3, -0.25) is 4.79 Å². The van der Waals surface area contributed by atoms with Gasteiger partial charge in [0.05, 0.1) is 45.5 Å². The van der Waals surface area contributed by atoms with Crippen molar-refractivity contribution in [2.75, 3.05) is 36.5 Å². The third-order valence-corrected chi connectivity index (χ3v) is 7.74. The highest BCUT2D eigenvalue weighted by Crippen LogP contribution is 2.34. The fourth-order valence-corrected chi connectivity index (χ4v) is 5.76. The second kappa shape index (κ2) is 10.2. The number of fused-ring (bicyclic) bond motifs is 2. The molecule has 3 aromatic heterocycles. The highest BCUT2D eigenvalue weighted by Gasteiger charge is 2.29. The standard InChI is InChI=1S/C25H27Cl2N7O3S/c1-14(30-20-19-16(27)12-38-22(19)29-13-28-20)21-31-17-7-5-6-15(26)18(17)23(35)34(21)33-10-8-32(9-11-33)24(36)37-25(2,3)4/h5-7,12-14H,8-11H2,1-4H3,(H,28,29,30)/t14-/m0/s1. The van der Waals surface area contributed by atoms with Crippen LogP contribution in [0.5, 0.6) is 0 Å². The molecule has 0 radical (unpaired) electrons. The van der Waals surface area contributed by atoms with E-state index in [4.69, 9.17) is 32.9 Å². The third kappa shape index (κ3) is 5.10. The first-order valence-electron chi connectivity index (χ1n) is 12.1. The normalized spacial score (nSPS) is 15.2. The Morgan fingerprint density at radius 2 is 1.84 bits per heavy atom. The van der Waals surface area contributed by atoms with Gasteiger partial charge in [0.2, 0.25) is 0 Å². The summed E-state index contributed by atoms with van der Waals surface area (Å²) < 4.78 is 7.08. The van der Waals surface area contributed by atoms with Crippen LogP contribution >= 0.6 is 34.5 Å². The maximum atomic E-state index is 13.9. The molecule has 4 heterocycles. The highest BCUT2D eigenvalue weighted by molar-refractivity contribution is 7.17. The maximum absolute atomic E-state index is 13.9. The average Bonchev–Trinajstić information content (AvgIpc) is 3.24. The summed E-state index contributed by atoms with van der Waals surface area (Å²) in [6.07, 6.45) is 1.10. The number of halogens is 2. The van der Waals surface area contributed by atoms with Gasteiger partial charge in [-0.1, -0.05) is 29.3 Å². The van der Waals surface area contributed by atoms with Crippen LogP contribution in [0.15, 0.2) is 34.7 Å². The first-order chi connectivity index (χ1) is 18.0. The molecule has 10 nitrogen and oxygen atoms in total. The molecule has 1 atom stereocenters. The largest absolute Gasteiger partial charge is 0.444 e. The molecule has 0 unspecified atom stereocenters. The fourth-order valence-electron chi connectivity index (χ4n) is 4.38. The molecule has 0 saturated carbocycles. The van der Waals surface area contributed by atoms with Gasteiger partial charge < -0.3 is 20.0 Å². The third-order valence-electron chi connectivity index (χ3n) is 6.11. The number of anilines is 1. The monoisotopic (exact) mass is 575 g/mol. The van der Waals surface area contributed by atoms with Gasteiger partial charge >= 0.3 is 6.09 Å². The lowest BCUT2D eigenvalue weighted by molar-refractivity contribution is 0.0231. The predicted molar refractivity (Wildman–Crippen MR) is 151 cm³/mol. The van der Waals surface area contributed by atoms with Crippen molar-refractivity contribution in [3.05, 3.63) is 56.1 Å². The summed E-state index contributed by atoms with van der Waals surface area (Å²) in [7, 11) is 0. The fraction of sp³-hybridized carbons (Fsp3) is 0.400. The van der Waals surface area contributed by atoms with Gasteiger partial charge in [0, 0.05) is 18.5 Å². The zero-order valence-electron chi connectivity index (χ0n) is 21.4. The van der Waals surface area contributed by atoms with E-state index in [9.17, 15) is 9.59 Å². The van der Waals surface area contributed by atoms with E-state index in [2.05, 4.69) is 15.3 Å². The number of amides is 1. The number of rotatable bonds is 4. The molecule has 13 heteroatoms. The number of thiophene rings is 1. The Kier molecular flexibility index (Phi) is 7.10. The van der Waals surface area contributed by atoms with Crippen LogP contribution < -0.4 is 15.9 Å². The van der Waals surface area contributed by atoms with Crippen LogP contribution in [0.3, 0.4) is 0 Å². The highest BCUT2D eigenvalue weighted by atomic mass is 35.5. The number of carbonyl (C=O) groups is 1. The lowest BCUT2D eigenvalue weighted by atomic mass is 10.2. The molecule has 1 aliphatic heterocycles. The minimum absolute atomic E-state index is 0.281. The molecule has 1 N–H and O–H groups in total. The first kappa shape index (κ1) is 26.5. The Balaban J connectivity index is 1.51. The molecule has 1 aliphatic rings. The van der Waals surface area contributed by atoms with Crippen LogP contribution in [0.2, 0.25) is 10.0 Å². The molecule has 1 aromatic carbocycles. The molecular formula is C25H27Cl2N7O3S. The zero-order valence-corrected chi connectivity index (χ0v) is 23.7. The molecule has 200 valence electrons. The number of aromatic nitrogens is 4. The molecule has 5 rings (SSSR count). The van der Waals surface area contributed by atoms with E-state index in [1.54, 1.807) is 27.8 Å². The molecule has 0 bridgehead atoms. The Morgan fingerprint density at radius 1 is 1.11 bits per heavy atom. The Bertz CT molecular complexity index is 1580. The smallest absolute Gasteiger partial charge is 0.410 e. The summed E-state index contributed by atoms with van der Waals surface area (Å²) >= 11 is 14.3. The number of piperazine rings is 1. The molecular weight excluding hydrogens is 549 g/mol. The maximum Gasteiger partial charge on any atom is 0.410 e. The van der Waals surface area contributed by atoms with Crippen molar-refractivity contribution in [3.8, 4) is 0 Å². The number of ether oxygens (including phenoxy) is 1. The second-order valence-corrected chi connectivity index (χ2v) is 11.7. The minimum atomic E-state index is -0.587.